The minimum Gasteiger partial charge on any atom is -0.381 e. The third-order valence-electron chi connectivity index (χ3n) is 5.28. The summed E-state index contributed by atoms with van der Waals surface area (Å²) in [6, 6.07) is 4.06. The summed E-state index contributed by atoms with van der Waals surface area (Å²) in [4.78, 5) is 22.0. The number of nitrogens with zero attached hydrogens (tertiary/aromatic N) is 3. The molecule has 0 spiro atoms. The molecule has 1 amide bonds. The van der Waals surface area contributed by atoms with Crippen LogP contribution in [0.1, 0.15) is 35.1 Å². The molecule has 0 radical (unpaired) electrons. The van der Waals surface area contributed by atoms with Gasteiger partial charge < -0.3 is 14.5 Å². The predicted molar refractivity (Wildman–Crippen MR) is 89.6 cm³/mol. The van der Waals surface area contributed by atoms with Crippen LogP contribution in [-0.2, 0) is 4.74 Å². The molecular formula is C18H27N3O2. The fourth-order valence-electron chi connectivity index (χ4n) is 4.16. The average Bonchev–Trinajstić information content (AvgIpc) is 2.96. The van der Waals surface area contributed by atoms with E-state index in [1.54, 1.807) is 7.11 Å². The number of pyridine rings is 1. The molecule has 0 unspecified atom stereocenters. The Morgan fingerprint density at radius 1 is 1.30 bits per heavy atom. The maximum Gasteiger partial charge on any atom is 0.254 e. The molecule has 0 aliphatic carbocycles. The fraction of sp³-hybridized carbons (Fsp3) is 0.667. The van der Waals surface area contributed by atoms with E-state index in [0.29, 0.717) is 5.92 Å². The van der Waals surface area contributed by atoms with Crippen LogP contribution in [0.5, 0.6) is 0 Å². The zero-order valence-electron chi connectivity index (χ0n) is 14.6. The van der Waals surface area contributed by atoms with Gasteiger partial charge in [0, 0.05) is 49.6 Å². The van der Waals surface area contributed by atoms with E-state index in [2.05, 4.69) is 21.7 Å². The summed E-state index contributed by atoms with van der Waals surface area (Å²) in [5, 5.41) is 0. The van der Waals surface area contributed by atoms with Gasteiger partial charge in [0.1, 0.15) is 0 Å². The number of aromatic nitrogens is 1. The molecule has 2 aliphatic rings. The van der Waals surface area contributed by atoms with Crippen molar-refractivity contribution in [2.24, 2.45) is 5.92 Å². The van der Waals surface area contributed by atoms with E-state index in [9.17, 15) is 4.79 Å². The summed E-state index contributed by atoms with van der Waals surface area (Å²) < 4.78 is 5.70. The Balaban J connectivity index is 1.85. The highest BCUT2D eigenvalue weighted by Crippen LogP contribution is 2.33. The molecule has 5 nitrogen and oxygen atoms in total. The molecule has 2 saturated heterocycles. The van der Waals surface area contributed by atoms with Crippen molar-refractivity contribution >= 4 is 5.91 Å². The van der Waals surface area contributed by atoms with Crippen LogP contribution in [0.2, 0.25) is 0 Å². The lowest BCUT2D eigenvalue weighted by molar-refractivity contribution is -0.0156. The number of likely N-dealkylation sites (N-methyl/N-ethyl adjacent to an activating group) is 1. The summed E-state index contributed by atoms with van der Waals surface area (Å²) in [7, 11) is 1.80. The topological polar surface area (TPSA) is 45.7 Å². The number of piperidine rings is 1. The predicted octanol–water partition coefficient (Wildman–Crippen LogP) is 1.88. The van der Waals surface area contributed by atoms with Crippen LogP contribution in [0.4, 0.5) is 0 Å². The van der Waals surface area contributed by atoms with Gasteiger partial charge in [-0.05, 0) is 38.9 Å². The largest absolute Gasteiger partial charge is 0.381 e. The van der Waals surface area contributed by atoms with Gasteiger partial charge in [0.05, 0.1) is 12.1 Å². The second kappa shape index (κ2) is 6.57. The van der Waals surface area contributed by atoms with Gasteiger partial charge >= 0.3 is 0 Å². The molecule has 5 heteroatoms. The molecule has 0 N–H and O–H groups in total. The van der Waals surface area contributed by atoms with Crippen molar-refractivity contribution in [2.75, 3.05) is 33.3 Å². The highest BCUT2D eigenvalue weighted by Gasteiger charge is 2.45. The number of fused-ring (bicyclic) bond motifs is 1. The van der Waals surface area contributed by atoms with Crippen molar-refractivity contribution < 1.29 is 9.53 Å². The molecule has 3 atom stereocenters. The second-order valence-electron chi connectivity index (χ2n) is 6.78. The smallest absolute Gasteiger partial charge is 0.254 e. The van der Waals surface area contributed by atoms with Gasteiger partial charge in [0.2, 0.25) is 0 Å². The SMILES string of the molecule is CCN1C[C@H]2[C@@H](OC)CCN(C(=O)c3cc(C)nc(C)c3)[C@H]2C1. The molecule has 0 bridgehead atoms. The number of methoxy groups -OCH3 is 1. The number of carbonyl (C=O) groups is 1. The zero-order valence-corrected chi connectivity index (χ0v) is 14.6. The van der Waals surface area contributed by atoms with Crippen LogP contribution >= 0.6 is 0 Å². The lowest BCUT2D eigenvalue weighted by Crippen LogP contribution is -2.53. The molecule has 2 fully saturated rings. The van der Waals surface area contributed by atoms with Gasteiger partial charge in [-0.2, -0.15) is 0 Å². The van der Waals surface area contributed by atoms with E-state index in [1.165, 1.54) is 0 Å². The molecule has 0 saturated carbocycles. The van der Waals surface area contributed by atoms with E-state index < -0.39 is 0 Å². The number of carbonyl (C=O) groups excluding carboxylic acids is 1. The molecule has 0 aromatic carbocycles. The number of hydrogen-bond acceptors (Lipinski definition) is 4. The first-order valence-corrected chi connectivity index (χ1v) is 8.55. The number of hydrogen-bond donors (Lipinski definition) is 0. The van der Waals surface area contributed by atoms with Gasteiger partial charge in [0.15, 0.2) is 0 Å². The minimum absolute atomic E-state index is 0.140. The van der Waals surface area contributed by atoms with Crippen LogP contribution in [0.15, 0.2) is 12.1 Å². The first-order valence-electron chi connectivity index (χ1n) is 8.55. The summed E-state index contributed by atoms with van der Waals surface area (Å²) in [6.07, 6.45) is 1.19. The Morgan fingerprint density at radius 2 is 2.00 bits per heavy atom. The third-order valence-corrected chi connectivity index (χ3v) is 5.28. The number of rotatable bonds is 3. The van der Waals surface area contributed by atoms with E-state index >= 15 is 0 Å². The highest BCUT2D eigenvalue weighted by molar-refractivity contribution is 5.94. The van der Waals surface area contributed by atoms with Crippen LogP contribution in [-0.4, -0.2) is 66.1 Å². The fourth-order valence-corrected chi connectivity index (χ4v) is 4.16. The number of aryl methyl sites for hydroxylation is 2. The summed E-state index contributed by atoms with van der Waals surface area (Å²) in [5.41, 5.74) is 2.57. The van der Waals surface area contributed by atoms with Crippen molar-refractivity contribution in [3.05, 3.63) is 29.1 Å². The summed E-state index contributed by atoms with van der Waals surface area (Å²) in [5.74, 6) is 0.558. The van der Waals surface area contributed by atoms with Crippen molar-refractivity contribution in [1.29, 1.82) is 0 Å². The maximum absolute atomic E-state index is 13.1. The van der Waals surface area contributed by atoms with Gasteiger partial charge in [-0.3, -0.25) is 9.78 Å². The lowest BCUT2D eigenvalue weighted by Gasteiger charge is -2.41. The third kappa shape index (κ3) is 3.12. The van der Waals surface area contributed by atoms with Gasteiger partial charge in [-0.15, -0.1) is 0 Å². The summed E-state index contributed by atoms with van der Waals surface area (Å²) in [6.45, 7) is 9.85. The Bertz CT molecular complexity index is 569. The van der Waals surface area contributed by atoms with Gasteiger partial charge in [-0.1, -0.05) is 6.92 Å². The Hall–Kier alpha value is -1.46. The quantitative estimate of drug-likeness (QED) is 0.854. The number of amides is 1. The van der Waals surface area contributed by atoms with E-state index in [1.807, 2.05) is 26.0 Å². The first-order chi connectivity index (χ1) is 11.0. The zero-order chi connectivity index (χ0) is 16.6. The molecule has 3 heterocycles. The Labute approximate surface area is 138 Å². The second-order valence-corrected chi connectivity index (χ2v) is 6.78. The van der Waals surface area contributed by atoms with E-state index in [4.69, 9.17) is 4.74 Å². The number of ether oxygens (including phenoxy) is 1. The van der Waals surface area contributed by atoms with Crippen molar-refractivity contribution in [3.8, 4) is 0 Å². The molecule has 1 aromatic rings. The molecule has 1 aromatic heterocycles. The monoisotopic (exact) mass is 317 g/mol. The van der Waals surface area contributed by atoms with Crippen LogP contribution < -0.4 is 0 Å². The summed E-state index contributed by atoms with van der Waals surface area (Å²) >= 11 is 0. The van der Waals surface area contributed by atoms with Crippen LogP contribution in [0.25, 0.3) is 0 Å². The van der Waals surface area contributed by atoms with Crippen LogP contribution in [0, 0.1) is 19.8 Å². The van der Waals surface area contributed by atoms with Crippen molar-refractivity contribution in [1.82, 2.24) is 14.8 Å². The molecule has 2 aliphatic heterocycles. The van der Waals surface area contributed by atoms with Crippen molar-refractivity contribution in [3.63, 3.8) is 0 Å². The first kappa shape index (κ1) is 16.4. The standard InChI is InChI=1S/C18H27N3O2/c1-5-20-10-15-16(11-20)21(7-6-17(15)23-4)18(22)14-8-12(2)19-13(3)9-14/h8-9,15-17H,5-7,10-11H2,1-4H3/t15-,16+,17+/m1/s1. The van der Waals surface area contributed by atoms with Crippen LogP contribution in [0.3, 0.4) is 0 Å². The lowest BCUT2D eigenvalue weighted by atomic mass is 9.88. The molecule has 23 heavy (non-hydrogen) atoms. The van der Waals surface area contributed by atoms with Gasteiger partial charge in [-0.25, -0.2) is 0 Å². The average molecular weight is 317 g/mol. The normalized spacial score (nSPS) is 28.0. The van der Waals surface area contributed by atoms with E-state index in [-0.39, 0.29) is 18.1 Å². The Morgan fingerprint density at radius 3 is 2.61 bits per heavy atom. The van der Waals surface area contributed by atoms with Gasteiger partial charge in [0.25, 0.3) is 5.91 Å². The molecular weight excluding hydrogens is 290 g/mol. The molecule has 126 valence electrons. The molecule has 3 rings (SSSR count). The Kier molecular flexibility index (Phi) is 4.69. The van der Waals surface area contributed by atoms with E-state index in [0.717, 1.165) is 49.6 Å². The van der Waals surface area contributed by atoms with Crippen molar-refractivity contribution in [2.45, 2.75) is 39.3 Å². The minimum atomic E-state index is 0.140. The maximum atomic E-state index is 13.1. The highest BCUT2D eigenvalue weighted by atomic mass is 16.5. The number of likely N-dealkylation sites (tertiary alicyclic amines) is 2.